The van der Waals surface area contributed by atoms with Gasteiger partial charge in [-0.05, 0) is 24.6 Å². The molecule has 0 bridgehead atoms. The SMILES string of the molecule is COc1ccc([C@@H](C)NC(=O)Cn2cnc3c(cnn3C)c2=O)cc1F. The van der Waals surface area contributed by atoms with Crippen LogP contribution in [0.4, 0.5) is 4.39 Å². The summed E-state index contributed by atoms with van der Waals surface area (Å²) in [6, 6.07) is 4.04. The topological polar surface area (TPSA) is 91.0 Å². The molecule has 1 atom stereocenters. The van der Waals surface area contributed by atoms with Crippen LogP contribution in [0.1, 0.15) is 18.5 Å². The highest BCUT2D eigenvalue weighted by molar-refractivity contribution is 5.77. The van der Waals surface area contributed by atoms with E-state index >= 15 is 0 Å². The smallest absolute Gasteiger partial charge is 0.264 e. The molecule has 2 aromatic heterocycles. The summed E-state index contributed by atoms with van der Waals surface area (Å²) in [4.78, 5) is 28.8. The number of amides is 1. The van der Waals surface area contributed by atoms with E-state index in [0.717, 1.165) is 0 Å². The number of aryl methyl sites for hydroxylation is 1. The Morgan fingerprint density at radius 1 is 1.42 bits per heavy atom. The molecule has 1 N–H and O–H groups in total. The van der Waals surface area contributed by atoms with Crippen LogP contribution >= 0.6 is 0 Å². The number of aromatic nitrogens is 4. The predicted molar refractivity (Wildman–Crippen MR) is 92.3 cm³/mol. The normalized spacial score (nSPS) is 12.2. The van der Waals surface area contributed by atoms with Gasteiger partial charge in [0, 0.05) is 7.05 Å². The zero-order valence-corrected chi connectivity index (χ0v) is 14.6. The maximum absolute atomic E-state index is 13.8. The van der Waals surface area contributed by atoms with Crippen molar-refractivity contribution in [2.75, 3.05) is 7.11 Å². The summed E-state index contributed by atoms with van der Waals surface area (Å²) in [6.07, 6.45) is 2.73. The van der Waals surface area contributed by atoms with E-state index in [1.807, 2.05) is 0 Å². The molecule has 0 aliphatic heterocycles. The zero-order valence-electron chi connectivity index (χ0n) is 14.6. The lowest BCUT2D eigenvalue weighted by Gasteiger charge is -2.15. The number of halogens is 1. The van der Waals surface area contributed by atoms with Gasteiger partial charge in [0.05, 0.1) is 19.3 Å². The number of carbonyl (C=O) groups excluding carboxylic acids is 1. The van der Waals surface area contributed by atoms with Crippen LogP contribution in [0.2, 0.25) is 0 Å². The molecule has 9 heteroatoms. The summed E-state index contributed by atoms with van der Waals surface area (Å²) < 4.78 is 21.4. The molecule has 0 saturated carbocycles. The van der Waals surface area contributed by atoms with Gasteiger partial charge in [0.1, 0.15) is 18.3 Å². The van der Waals surface area contributed by atoms with Crippen LogP contribution in [0.15, 0.2) is 35.5 Å². The molecule has 0 unspecified atom stereocenters. The van der Waals surface area contributed by atoms with Crippen molar-refractivity contribution >= 4 is 16.9 Å². The second-order valence-corrected chi connectivity index (χ2v) is 5.87. The van der Waals surface area contributed by atoms with Gasteiger partial charge in [-0.15, -0.1) is 0 Å². The van der Waals surface area contributed by atoms with Crippen LogP contribution in [-0.2, 0) is 18.4 Å². The Bertz CT molecular complexity index is 1030. The van der Waals surface area contributed by atoms with Crippen LogP contribution in [0.3, 0.4) is 0 Å². The molecule has 0 saturated heterocycles. The molecule has 136 valence electrons. The fourth-order valence-corrected chi connectivity index (χ4v) is 2.66. The molecule has 0 radical (unpaired) electrons. The van der Waals surface area contributed by atoms with Crippen molar-refractivity contribution in [2.24, 2.45) is 7.05 Å². The summed E-state index contributed by atoms with van der Waals surface area (Å²) >= 11 is 0. The van der Waals surface area contributed by atoms with E-state index in [2.05, 4.69) is 15.4 Å². The van der Waals surface area contributed by atoms with Crippen molar-refractivity contribution in [3.63, 3.8) is 0 Å². The molecule has 3 rings (SSSR count). The third-order valence-electron chi connectivity index (χ3n) is 4.09. The van der Waals surface area contributed by atoms with Crippen molar-refractivity contribution < 1.29 is 13.9 Å². The van der Waals surface area contributed by atoms with Crippen LogP contribution in [0.5, 0.6) is 5.75 Å². The summed E-state index contributed by atoms with van der Waals surface area (Å²) in [7, 11) is 3.07. The fourth-order valence-electron chi connectivity index (χ4n) is 2.66. The van der Waals surface area contributed by atoms with Gasteiger partial charge in [-0.3, -0.25) is 18.8 Å². The van der Waals surface area contributed by atoms with Gasteiger partial charge in [-0.2, -0.15) is 5.10 Å². The number of methoxy groups -OCH3 is 1. The third kappa shape index (κ3) is 3.28. The van der Waals surface area contributed by atoms with Crippen molar-refractivity contribution in [2.45, 2.75) is 19.5 Å². The van der Waals surface area contributed by atoms with Crippen molar-refractivity contribution in [3.05, 3.63) is 52.5 Å². The summed E-state index contributed by atoms with van der Waals surface area (Å²) in [6.45, 7) is 1.53. The number of nitrogens with zero attached hydrogens (tertiary/aromatic N) is 4. The number of fused-ring (bicyclic) bond motifs is 1. The Labute approximate surface area is 148 Å². The average Bonchev–Trinajstić information content (AvgIpc) is 2.99. The maximum atomic E-state index is 13.8. The largest absolute Gasteiger partial charge is 0.494 e. The first-order chi connectivity index (χ1) is 12.4. The minimum Gasteiger partial charge on any atom is -0.494 e. The van der Waals surface area contributed by atoms with Gasteiger partial charge in [0.25, 0.3) is 5.56 Å². The zero-order chi connectivity index (χ0) is 18.8. The Morgan fingerprint density at radius 3 is 2.88 bits per heavy atom. The Morgan fingerprint density at radius 2 is 2.19 bits per heavy atom. The molecule has 0 fully saturated rings. The first kappa shape index (κ1) is 17.6. The quantitative estimate of drug-likeness (QED) is 0.738. The molecule has 0 aliphatic rings. The van der Waals surface area contributed by atoms with Gasteiger partial charge < -0.3 is 10.1 Å². The van der Waals surface area contributed by atoms with E-state index in [9.17, 15) is 14.0 Å². The van der Waals surface area contributed by atoms with E-state index < -0.39 is 11.9 Å². The lowest BCUT2D eigenvalue weighted by molar-refractivity contribution is -0.122. The van der Waals surface area contributed by atoms with Crippen LogP contribution in [0, 0.1) is 5.82 Å². The molecule has 8 nitrogen and oxygen atoms in total. The number of carbonyl (C=O) groups is 1. The number of hydrogen-bond acceptors (Lipinski definition) is 5. The van der Waals surface area contributed by atoms with Crippen molar-refractivity contribution in [1.82, 2.24) is 24.6 Å². The average molecular weight is 359 g/mol. The first-order valence-electron chi connectivity index (χ1n) is 7.90. The molecule has 26 heavy (non-hydrogen) atoms. The number of rotatable bonds is 5. The minimum atomic E-state index is -0.506. The van der Waals surface area contributed by atoms with Crippen molar-refractivity contribution in [3.8, 4) is 5.75 Å². The minimum absolute atomic E-state index is 0.134. The van der Waals surface area contributed by atoms with E-state index in [1.54, 1.807) is 20.0 Å². The Hall–Kier alpha value is -3.23. The van der Waals surface area contributed by atoms with Crippen LogP contribution < -0.4 is 15.6 Å². The number of nitrogens with one attached hydrogen (secondary N) is 1. The van der Waals surface area contributed by atoms with Gasteiger partial charge in [0.15, 0.2) is 17.2 Å². The van der Waals surface area contributed by atoms with Gasteiger partial charge >= 0.3 is 0 Å². The predicted octanol–water partition coefficient (Wildman–Crippen LogP) is 1.16. The molecular weight excluding hydrogens is 341 g/mol. The van der Waals surface area contributed by atoms with Crippen LogP contribution in [-0.4, -0.2) is 32.3 Å². The highest BCUT2D eigenvalue weighted by Gasteiger charge is 2.14. The monoisotopic (exact) mass is 359 g/mol. The van der Waals surface area contributed by atoms with E-state index in [1.165, 1.54) is 41.0 Å². The Kier molecular flexibility index (Phi) is 4.70. The molecule has 0 aliphatic carbocycles. The molecule has 3 aromatic rings. The van der Waals surface area contributed by atoms with E-state index in [4.69, 9.17) is 4.74 Å². The van der Waals surface area contributed by atoms with E-state index in [-0.39, 0.29) is 23.8 Å². The number of ether oxygens (including phenoxy) is 1. The maximum Gasteiger partial charge on any atom is 0.264 e. The molecule has 1 aromatic carbocycles. The van der Waals surface area contributed by atoms with Gasteiger partial charge in [-0.1, -0.05) is 6.07 Å². The third-order valence-corrected chi connectivity index (χ3v) is 4.09. The summed E-state index contributed by atoms with van der Waals surface area (Å²) in [5, 5.41) is 7.06. The number of benzene rings is 1. The van der Waals surface area contributed by atoms with Crippen LogP contribution in [0.25, 0.3) is 11.0 Å². The molecule has 1 amide bonds. The summed E-state index contributed by atoms with van der Waals surface area (Å²) in [5.41, 5.74) is 0.694. The lowest BCUT2D eigenvalue weighted by atomic mass is 10.1. The molecular formula is C17H18FN5O3. The van der Waals surface area contributed by atoms with Gasteiger partial charge in [0.2, 0.25) is 5.91 Å². The second-order valence-electron chi connectivity index (χ2n) is 5.87. The van der Waals surface area contributed by atoms with Crippen molar-refractivity contribution in [1.29, 1.82) is 0 Å². The fraction of sp³-hybridized carbons (Fsp3) is 0.294. The summed E-state index contributed by atoms with van der Waals surface area (Å²) in [5.74, 6) is -0.760. The van der Waals surface area contributed by atoms with E-state index in [0.29, 0.717) is 16.6 Å². The molecule has 0 spiro atoms. The van der Waals surface area contributed by atoms with Gasteiger partial charge in [-0.25, -0.2) is 9.37 Å². The molecule has 2 heterocycles. The standard InChI is InChI=1S/C17H18FN5O3/c1-10(11-4-5-14(26-3)13(18)6-11)21-15(24)8-23-9-19-16-12(17(23)25)7-20-22(16)2/h4-7,9-10H,8H2,1-3H3,(H,21,24)/t10-/m1/s1. The highest BCUT2D eigenvalue weighted by Crippen LogP contribution is 2.21. The lowest BCUT2D eigenvalue weighted by Crippen LogP contribution is -2.34. The highest BCUT2D eigenvalue weighted by atomic mass is 19.1. The Balaban J connectivity index is 1.73. The second kappa shape index (κ2) is 6.95. The first-order valence-corrected chi connectivity index (χ1v) is 7.90. The number of hydrogen-bond donors (Lipinski definition) is 1.